The van der Waals surface area contributed by atoms with Crippen LogP contribution in [0.4, 0.5) is 0 Å². The summed E-state index contributed by atoms with van der Waals surface area (Å²) >= 11 is 0. The molecule has 0 aromatic heterocycles. The molecule has 0 aliphatic carbocycles. The lowest BCUT2D eigenvalue weighted by Gasteiger charge is -2.21. The number of benzene rings is 7. The van der Waals surface area contributed by atoms with Crippen LogP contribution in [0.2, 0.25) is 0 Å². The predicted octanol–water partition coefficient (Wildman–Crippen LogP) is 12.8. The van der Waals surface area contributed by atoms with Gasteiger partial charge in [-0.05, 0) is 185 Å². The van der Waals surface area contributed by atoms with Gasteiger partial charge in [-0.3, -0.25) is 28.8 Å². The molecule has 0 spiro atoms. The first-order chi connectivity index (χ1) is 37.0. The normalized spacial score (nSPS) is 11.8. The molecule has 0 fully saturated rings. The van der Waals surface area contributed by atoms with Gasteiger partial charge in [0.05, 0.1) is 0 Å². The zero-order valence-electron chi connectivity index (χ0n) is 48.1. The SMILES string of the molecule is CC(C)(O)C(=O)c1ccc(Cc2ccc(C(=O)C(C)(C)O)cc2)cc1.CC(C)(O)C(=O)c1ccc(Oc2ccc(C(=O)C(C)(C)O)cc2)cc1.Cc1cc(C)c(C(=O)P(=O)(C(=O)c2c(C)cc(C)cc2C)c2ccccc2)c(C)c1. The third kappa shape index (κ3) is 15.8. The molecule has 4 N–H and O–H groups in total. The number of Topliss-reactive ketones (excluding diaryl/α,β-unsaturated/α-hetero) is 4. The van der Waals surface area contributed by atoms with E-state index in [1.165, 1.54) is 55.4 Å². The molecule has 7 rings (SSSR count). The second-order valence-electron chi connectivity index (χ2n) is 22.4. The average Bonchev–Trinajstić information content (AvgIpc) is 3.37. The van der Waals surface area contributed by atoms with Crippen LogP contribution < -0.4 is 10.0 Å². The van der Waals surface area contributed by atoms with E-state index in [2.05, 4.69) is 0 Å². The van der Waals surface area contributed by atoms with Gasteiger partial charge >= 0.3 is 0 Å². The molecule has 7 aromatic carbocycles. The molecule has 0 heterocycles. The molecule has 0 amide bonds. The van der Waals surface area contributed by atoms with Crippen LogP contribution in [0.3, 0.4) is 0 Å². The number of aryl methyl sites for hydroxylation is 6. The Morgan fingerprint density at radius 1 is 0.388 bits per heavy atom. The molecule has 80 heavy (non-hydrogen) atoms. The summed E-state index contributed by atoms with van der Waals surface area (Å²) in [6.07, 6.45) is 0.661. The summed E-state index contributed by atoms with van der Waals surface area (Å²) in [5.41, 5.74) is 2.72. The lowest BCUT2D eigenvalue weighted by atomic mass is 9.94. The summed E-state index contributed by atoms with van der Waals surface area (Å²) in [5.74, 6) is -0.313. The van der Waals surface area contributed by atoms with Crippen molar-refractivity contribution < 1.29 is 58.5 Å². The van der Waals surface area contributed by atoms with E-state index in [1.807, 2.05) is 90.1 Å². The first-order valence-corrected chi connectivity index (χ1v) is 27.8. The highest BCUT2D eigenvalue weighted by Crippen LogP contribution is 2.52. The number of ketones is 4. The Balaban J connectivity index is 0.000000222. The molecular weight excluding hydrogens is 1030 g/mol. The van der Waals surface area contributed by atoms with Gasteiger partial charge in [0.2, 0.25) is 18.2 Å². The van der Waals surface area contributed by atoms with Crippen LogP contribution in [-0.2, 0) is 11.0 Å². The average molecular weight is 1100 g/mol. The standard InChI is InChI=1S/C26H27O3P.C21H24O4.C20H22O5/c1-16-12-18(3)23(19(4)13-16)25(27)30(29,22-10-8-7-9-11-22)26(28)24-20(5)14-17(2)15-21(24)6;1-20(2,24)18(22)16-9-5-14(6-10-16)13-15-7-11-17(12-8-15)19(23)21(3,4)25;1-19(2,23)17(21)13-5-9-15(10-6-13)25-16-11-7-14(8-12-16)18(22)20(3,4)24/h7-15H,1-6H3;5-12,24-25H,13H2,1-4H3;5-12,23-24H,1-4H3. The largest absolute Gasteiger partial charge is 0.457 e. The molecule has 0 unspecified atom stereocenters. The minimum absolute atomic E-state index is 0.277. The number of carbonyl (C=O) groups is 6. The summed E-state index contributed by atoms with van der Waals surface area (Å²) in [6, 6.07) is 43.2. The Hall–Kier alpha value is -7.57. The van der Waals surface area contributed by atoms with E-state index in [9.17, 15) is 53.8 Å². The maximum Gasteiger partial charge on any atom is 0.248 e. The van der Waals surface area contributed by atoms with Crippen molar-refractivity contribution in [1.82, 2.24) is 0 Å². The summed E-state index contributed by atoms with van der Waals surface area (Å²) in [4.78, 5) is 75.7. The van der Waals surface area contributed by atoms with E-state index in [-0.39, 0.29) is 28.4 Å². The van der Waals surface area contributed by atoms with Gasteiger partial charge < -0.3 is 29.7 Å². The zero-order chi connectivity index (χ0) is 59.9. The third-order valence-electron chi connectivity index (χ3n) is 13.0. The molecule has 0 aliphatic heterocycles. The summed E-state index contributed by atoms with van der Waals surface area (Å²) < 4.78 is 20.2. The molecule has 0 saturated carbocycles. The summed E-state index contributed by atoms with van der Waals surface area (Å²) in [5, 5.41) is 39.3. The molecule has 13 heteroatoms. The zero-order valence-corrected chi connectivity index (χ0v) is 49.0. The first-order valence-electron chi connectivity index (χ1n) is 26.1. The quantitative estimate of drug-likeness (QED) is 0.0496. The number of hydrogen-bond acceptors (Lipinski definition) is 12. The van der Waals surface area contributed by atoms with E-state index in [4.69, 9.17) is 4.74 Å². The smallest absolute Gasteiger partial charge is 0.248 e. The van der Waals surface area contributed by atoms with Gasteiger partial charge in [-0.2, -0.15) is 0 Å². The molecule has 0 bridgehead atoms. The highest BCUT2D eigenvalue weighted by Gasteiger charge is 2.44. The van der Waals surface area contributed by atoms with Gasteiger partial charge in [0.1, 0.15) is 33.9 Å². The molecule has 0 aliphatic rings. The van der Waals surface area contributed by atoms with Crippen LogP contribution in [0.1, 0.15) is 162 Å². The van der Waals surface area contributed by atoms with Crippen LogP contribution >= 0.6 is 7.14 Å². The number of hydrogen-bond donors (Lipinski definition) is 4. The predicted molar refractivity (Wildman–Crippen MR) is 315 cm³/mol. The van der Waals surface area contributed by atoms with Crippen LogP contribution in [0.5, 0.6) is 11.5 Å². The topological polar surface area (TPSA) is 210 Å². The van der Waals surface area contributed by atoms with Gasteiger partial charge in [-0.25, -0.2) is 0 Å². The highest BCUT2D eigenvalue weighted by molar-refractivity contribution is 8.01. The van der Waals surface area contributed by atoms with E-state index in [1.54, 1.807) is 103 Å². The molecule has 0 radical (unpaired) electrons. The first kappa shape index (κ1) is 63.3. The monoisotopic (exact) mass is 1100 g/mol. The van der Waals surface area contributed by atoms with Crippen LogP contribution in [-0.4, -0.2) is 77.0 Å². The van der Waals surface area contributed by atoms with Crippen LogP contribution in [0.25, 0.3) is 0 Å². The van der Waals surface area contributed by atoms with E-state index in [0.29, 0.717) is 51.3 Å². The Kier molecular flexibility index (Phi) is 20.0. The maximum absolute atomic E-state index is 14.5. The second-order valence-corrected chi connectivity index (χ2v) is 24.9. The molecule has 0 saturated heterocycles. The van der Waals surface area contributed by atoms with Crippen molar-refractivity contribution in [3.8, 4) is 11.5 Å². The van der Waals surface area contributed by atoms with Crippen LogP contribution in [0, 0.1) is 41.5 Å². The number of ether oxygens (including phenoxy) is 1. The number of carbonyl (C=O) groups excluding carboxylic acids is 6. The van der Waals surface area contributed by atoms with E-state index < -0.39 is 40.6 Å². The lowest BCUT2D eigenvalue weighted by molar-refractivity contribution is 0.0487. The molecule has 7 aromatic rings. The van der Waals surface area contributed by atoms with Gasteiger partial charge in [-0.1, -0.05) is 114 Å². The second kappa shape index (κ2) is 25.3. The Labute approximate surface area is 469 Å². The van der Waals surface area contributed by atoms with Crippen LogP contribution in [0.15, 0.2) is 152 Å². The highest BCUT2D eigenvalue weighted by atomic mass is 31.2. The van der Waals surface area contributed by atoms with Crippen molar-refractivity contribution >= 4 is 46.6 Å². The molecule has 418 valence electrons. The fourth-order valence-corrected chi connectivity index (χ4v) is 11.6. The van der Waals surface area contributed by atoms with E-state index >= 15 is 0 Å². The van der Waals surface area contributed by atoms with Crippen molar-refractivity contribution in [2.45, 2.75) is 126 Å². The minimum Gasteiger partial charge on any atom is -0.457 e. The third-order valence-corrected chi connectivity index (χ3v) is 15.6. The lowest BCUT2D eigenvalue weighted by Crippen LogP contribution is -2.31. The fraction of sp³-hybridized carbons (Fsp3) is 0.284. The van der Waals surface area contributed by atoms with Crippen molar-refractivity contribution in [2.75, 3.05) is 0 Å². The van der Waals surface area contributed by atoms with Gasteiger partial charge in [0, 0.05) is 38.7 Å². The van der Waals surface area contributed by atoms with Crippen molar-refractivity contribution in [3.63, 3.8) is 0 Å². The Morgan fingerprint density at radius 2 is 0.637 bits per heavy atom. The Bertz CT molecular complexity index is 3060. The molecular formula is C67H73O12P. The van der Waals surface area contributed by atoms with E-state index in [0.717, 1.165) is 44.5 Å². The van der Waals surface area contributed by atoms with Crippen molar-refractivity contribution in [2.24, 2.45) is 0 Å². The maximum atomic E-state index is 14.5. The molecule has 12 nitrogen and oxygen atoms in total. The van der Waals surface area contributed by atoms with Gasteiger partial charge in [0.25, 0.3) is 0 Å². The summed E-state index contributed by atoms with van der Waals surface area (Å²) in [6.45, 7) is 22.9. The number of aliphatic hydroxyl groups is 4. The van der Waals surface area contributed by atoms with Crippen molar-refractivity contribution in [1.29, 1.82) is 0 Å². The fourth-order valence-electron chi connectivity index (χ4n) is 9.00. The minimum atomic E-state index is -4.11. The number of rotatable bonds is 17. The Morgan fingerprint density at radius 3 is 0.887 bits per heavy atom. The molecule has 0 atom stereocenters. The van der Waals surface area contributed by atoms with Crippen molar-refractivity contribution in [3.05, 3.63) is 230 Å². The summed E-state index contributed by atoms with van der Waals surface area (Å²) in [7, 11) is -4.11. The van der Waals surface area contributed by atoms with Gasteiger partial charge in [-0.15, -0.1) is 0 Å². The van der Waals surface area contributed by atoms with Gasteiger partial charge in [0.15, 0.2) is 23.1 Å².